The number of hydrogen-bond donors (Lipinski definition) is 0. The fraction of sp³-hybridized carbons (Fsp3) is 0.643. The monoisotopic (exact) mass is 414 g/mol. The lowest BCUT2D eigenvalue weighted by molar-refractivity contribution is 0.289. The van der Waals surface area contributed by atoms with Gasteiger partial charge in [-0.15, -0.1) is 0 Å². The van der Waals surface area contributed by atoms with Gasteiger partial charge in [0.05, 0.1) is 13.2 Å². The molecule has 30 heavy (non-hydrogen) atoms. The zero-order valence-corrected chi connectivity index (χ0v) is 20.4. The first-order valence-corrected chi connectivity index (χ1v) is 12.3. The molecule has 0 fully saturated rings. The Hall–Kier alpha value is -1.70. The number of benzene rings is 1. The number of allylic oxidation sites excluding steroid dienone is 4. The van der Waals surface area contributed by atoms with Crippen LogP contribution in [0.4, 0.5) is 0 Å². The van der Waals surface area contributed by atoms with Crippen LogP contribution in [0.2, 0.25) is 0 Å². The third-order valence-corrected chi connectivity index (χ3v) is 5.40. The van der Waals surface area contributed by atoms with Crippen molar-refractivity contribution in [2.45, 2.75) is 105 Å². The highest BCUT2D eigenvalue weighted by Gasteiger charge is 2.13. The predicted octanol–water partition coefficient (Wildman–Crippen LogP) is 8.62. The van der Waals surface area contributed by atoms with Crippen molar-refractivity contribution in [1.29, 1.82) is 0 Å². The average Bonchev–Trinajstić information content (AvgIpc) is 2.74. The zero-order valence-electron chi connectivity index (χ0n) is 20.4. The maximum absolute atomic E-state index is 6.28. The van der Waals surface area contributed by atoms with Gasteiger partial charge in [0.15, 0.2) is 0 Å². The normalized spacial score (nSPS) is 12.0. The number of hydrogen-bond acceptors (Lipinski definition) is 2. The van der Waals surface area contributed by atoms with Crippen molar-refractivity contribution in [1.82, 2.24) is 0 Å². The van der Waals surface area contributed by atoms with Crippen LogP contribution < -0.4 is 9.47 Å². The van der Waals surface area contributed by atoms with E-state index in [4.69, 9.17) is 9.47 Å². The molecule has 170 valence electrons. The van der Waals surface area contributed by atoms with Gasteiger partial charge in [0.25, 0.3) is 0 Å². The Balaban J connectivity index is 3.12. The number of ether oxygens (including phenoxy) is 2. The molecule has 0 aliphatic heterocycles. The maximum Gasteiger partial charge on any atom is 0.126 e. The molecule has 0 atom stereocenters. The highest BCUT2D eigenvalue weighted by Crippen LogP contribution is 2.33. The molecule has 0 N–H and O–H groups in total. The summed E-state index contributed by atoms with van der Waals surface area (Å²) in [6.45, 7) is 12.6. The SMILES string of the molecule is C/C=C\CC/C(C)=C/Cc1c(OCCCC)cc(CCCCC)cc1OCCCC. The van der Waals surface area contributed by atoms with Crippen molar-refractivity contribution in [2.75, 3.05) is 13.2 Å². The average molecular weight is 415 g/mol. The Labute approximate surface area is 186 Å². The summed E-state index contributed by atoms with van der Waals surface area (Å²) >= 11 is 0. The van der Waals surface area contributed by atoms with Gasteiger partial charge in [0, 0.05) is 5.56 Å². The first kappa shape index (κ1) is 26.3. The van der Waals surface area contributed by atoms with E-state index in [1.165, 1.54) is 36.0 Å². The molecule has 0 amide bonds. The van der Waals surface area contributed by atoms with E-state index in [2.05, 4.69) is 65.0 Å². The highest BCUT2D eigenvalue weighted by molar-refractivity contribution is 5.49. The molecular weight excluding hydrogens is 368 g/mol. The van der Waals surface area contributed by atoms with Gasteiger partial charge in [-0.05, 0) is 76.5 Å². The van der Waals surface area contributed by atoms with E-state index in [9.17, 15) is 0 Å². The molecule has 0 spiro atoms. The Morgan fingerprint density at radius 1 is 0.867 bits per heavy atom. The van der Waals surface area contributed by atoms with Crippen LogP contribution in [0.3, 0.4) is 0 Å². The minimum absolute atomic E-state index is 0.778. The second kappa shape index (κ2) is 17.0. The lowest BCUT2D eigenvalue weighted by Crippen LogP contribution is -2.06. The van der Waals surface area contributed by atoms with Crippen molar-refractivity contribution in [3.63, 3.8) is 0 Å². The van der Waals surface area contributed by atoms with Crippen molar-refractivity contribution in [3.05, 3.63) is 47.1 Å². The molecule has 0 heterocycles. The summed E-state index contributed by atoms with van der Waals surface area (Å²) in [6, 6.07) is 4.55. The first-order chi connectivity index (χ1) is 14.7. The standard InChI is InChI=1S/C28H46O2/c1-6-10-14-16-24(5)18-19-26-27(29-20-12-8-3)22-25(17-15-11-7-2)23-28(26)30-21-13-9-4/h6,10,18,22-23H,7-9,11-17,19-21H2,1-5H3/b10-6-,24-18+. The lowest BCUT2D eigenvalue weighted by Gasteiger charge is -2.18. The molecule has 0 saturated carbocycles. The van der Waals surface area contributed by atoms with E-state index in [1.54, 1.807) is 0 Å². The van der Waals surface area contributed by atoms with Crippen molar-refractivity contribution < 1.29 is 9.47 Å². The molecule has 1 rings (SSSR count). The first-order valence-electron chi connectivity index (χ1n) is 12.3. The third-order valence-electron chi connectivity index (χ3n) is 5.40. The molecule has 2 nitrogen and oxygen atoms in total. The van der Waals surface area contributed by atoms with E-state index in [0.29, 0.717) is 0 Å². The molecule has 0 bridgehead atoms. The lowest BCUT2D eigenvalue weighted by atomic mass is 10.00. The van der Waals surface area contributed by atoms with Crippen molar-refractivity contribution >= 4 is 0 Å². The molecule has 0 aromatic heterocycles. The van der Waals surface area contributed by atoms with E-state index >= 15 is 0 Å². The Bertz CT molecular complexity index is 597. The van der Waals surface area contributed by atoms with Crippen molar-refractivity contribution in [3.8, 4) is 11.5 Å². The molecule has 0 unspecified atom stereocenters. The molecular formula is C28H46O2. The predicted molar refractivity (Wildman–Crippen MR) is 132 cm³/mol. The second-order valence-electron chi connectivity index (χ2n) is 8.29. The van der Waals surface area contributed by atoms with Crippen LogP contribution >= 0.6 is 0 Å². The summed E-state index contributed by atoms with van der Waals surface area (Å²) < 4.78 is 12.6. The highest BCUT2D eigenvalue weighted by atomic mass is 16.5. The number of rotatable bonds is 17. The second-order valence-corrected chi connectivity index (χ2v) is 8.29. The topological polar surface area (TPSA) is 18.5 Å². The van der Waals surface area contributed by atoms with Crippen molar-refractivity contribution in [2.24, 2.45) is 0 Å². The summed E-state index contributed by atoms with van der Waals surface area (Å²) in [6.07, 6.45) is 19.1. The maximum atomic E-state index is 6.28. The summed E-state index contributed by atoms with van der Waals surface area (Å²) in [4.78, 5) is 0. The zero-order chi connectivity index (χ0) is 22.0. The van der Waals surface area contributed by atoms with Gasteiger partial charge in [-0.25, -0.2) is 0 Å². The Morgan fingerprint density at radius 3 is 2.00 bits per heavy atom. The smallest absolute Gasteiger partial charge is 0.126 e. The number of aryl methyl sites for hydroxylation is 1. The summed E-state index contributed by atoms with van der Waals surface area (Å²) in [5.41, 5.74) is 3.99. The van der Waals surface area contributed by atoms with Crippen LogP contribution in [-0.2, 0) is 12.8 Å². The van der Waals surface area contributed by atoms with E-state index in [-0.39, 0.29) is 0 Å². The summed E-state index contributed by atoms with van der Waals surface area (Å²) in [5.74, 6) is 2.06. The molecule has 1 aromatic rings. The number of unbranched alkanes of at least 4 members (excludes halogenated alkanes) is 4. The molecule has 0 radical (unpaired) electrons. The van der Waals surface area contributed by atoms with Crippen LogP contribution in [0.5, 0.6) is 11.5 Å². The minimum Gasteiger partial charge on any atom is -0.493 e. The minimum atomic E-state index is 0.778. The van der Waals surface area contributed by atoms with Crippen LogP contribution in [0.1, 0.15) is 104 Å². The van der Waals surface area contributed by atoms with E-state index in [0.717, 1.165) is 76.1 Å². The fourth-order valence-corrected chi connectivity index (χ4v) is 3.37. The van der Waals surface area contributed by atoms with Crippen LogP contribution in [0.15, 0.2) is 35.9 Å². The van der Waals surface area contributed by atoms with Crippen LogP contribution in [-0.4, -0.2) is 13.2 Å². The molecule has 0 aliphatic rings. The van der Waals surface area contributed by atoms with Gasteiger partial charge in [-0.2, -0.15) is 0 Å². The molecule has 0 saturated heterocycles. The summed E-state index contributed by atoms with van der Waals surface area (Å²) in [5, 5.41) is 0. The van der Waals surface area contributed by atoms with Gasteiger partial charge in [-0.3, -0.25) is 0 Å². The molecule has 2 heteroatoms. The quantitative estimate of drug-likeness (QED) is 0.188. The largest absolute Gasteiger partial charge is 0.493 e. The Morgan fingerprint density at radius 2 is 1.47 bits per heavy atom. The Kier molecular flexibility index (Phi) is 14.9. The van der Waals surface area contributed by atoms with E-state index < -0.39 is 0 Å². The summed E-state index contributed by atoms with van der Waals surface area (Å²) in [7, 11) is 0. The molecule has 0 aliphatic carbocycles. The van der Waals surface area contributed by atoms with Gasteiger partial charge < -0.3 is 9.47 Å². The molecule has 1 aromatic carbocycles. The van der Waals surface area contributed by atoms with Crippen LogP contribution in [0.25, 0.3) is 0 Å². The van der Waals surface area contributed by atoms with Gasteiger partial charge in [0.1, 0.15) is 11.5 Å². The fourth-order valence-electron chi connectivity index (χ4n) is 3.37. The third kappa shape index (κ3) is 10.9. The van der Waals surface area contributed by atoms with E-state index in [1.807, 2.05) is 0 Å². The van der Waals surface area contributed by atoms with Gasteiger partial charge in [-0.1, -0.05) is 70.3 Å². The van der Waals surface area contributed by atoms with Gasteiger partial charge >= 0.3 is 0 Å². The van der Waals surface area contributed by atoms with Crippen LogP contribution in [0, 0.1) is 0 Å². The van der Waals surface area contributed by atoms with Gasteiger partial charge in [0.2, 0.25) is 0 Å².